The molecule has 1 aliphatic rings. The van der Waals surface area contributed by atoms with Crippen LogP contribution >= 0.6 is 15.9 Å². The quantitative estimate of drug-likeness (QED) is 0.732. The highest BCUT2D eigenvalue weighted by molar-refractivity contribution is 9.10. The maximum atomic E-state index is 13.3. The molecule has 1 fully saturated rings. The van der Waals surface area contributed by atoms with Crippen molar-refractivity contribution in [3.05, 3.63) is 58.6 Å². The molecule has 0 unspecified atom stereocenters. The van der Waals surface area contributed by atoms with Crippen molar-refractivity contribution in [3.8, 4) is 0 Å². The molecule has 0 aliphatic carbocycles. The average Bonchev–Trinajstić information content (AvgIpc) is 2.69. The average molecular weight is 467 g/mol. The van der Waals surface area contributed by atoms with Crippen molar-refractivity contribution in [2.24, 2.45) is 0 Å². The predicted molar refractivity (Wildman–Crippen MR) is 112 cm³/mol. The molecule has 2 aromatic rings. The summed E-state index contributed by atoms with van der Waals surface area (Å²) in [5, 5.41) is 2.93. The first-order chi connectivity index (χ1) is 13.3. The summed E-state index contributed by atoms with van der Waals surface area (Å²) in [6.45, 7) is 0.997. The minimum Gasteiger partial charge on any atom is -0.381 e. The maximum absolute atomic E-state index is 13.3. The molecule has 1 amide bonds. The van der Waals surface area contributed by atoms with E-state index in [1.165, 1.54) is 26.2 Å². The van der Waals surface area contributed by atoms with Gasteiger partial charge >= 0.3 is 0 Å². The maximum Gasteiger partial charge on any atom is 0.242 e. The zero-order chi connectivity index (χ0) is 20.4. The third-order valence-electron chi connectivity index (χ3n) is 5.05. The van der Waals surface area contributed by atoms with Gasteiger partial charge in [-0.2, -0.15) is 0 Å². The lowest BCUT2D eigenvalue weighted by Crippen LogP contribution is -2.44. The smallest absolute Gasteiger partial charge is 0.242 e. The van der Waals surface area contributed by atoms with Crippen molar-refractivity contribution in [2.45, 2.75) is 23.2 Å². The second-order valence-electron chi connectivity index (χ2n) is 6.97. The molecule has 0 bridgehead atoms. The number of rotatable bonds is 5. The molecular formula is C20H23BrN2O4S. The van der Waals surface area contributed by atoms with Crippen molar-refractivity contribution < 1.29 is 17.9 Å². The number of sulfonamides is 1. The minimum absolute atomic E-state index is 0.139. The van der Waals surface area contributed by atoms with Gasteiger partial charge in [-0.15, -0.1) is 0 Å². The Kier molecular flexibility index (Phi) is 6.24. The standard InChI is InChI=1S/C20H23BrN2O4S/c1-23(2)28(25,26)18-5-3-4-17(14-18)22-19(24)20(10-12-27-13-11-20)15-6-8-16(21)9-7-15/h3-9,14H,10-13H2,1-2H3,(H,22,24). The van der Waals surface area contributed by atoms with E-state index in [1.807, 2.05) is 24.3 Å². The fourth-order valence-corrected chi connectivity index (χ4v) is 4.54. The van der Waals surface area contributed by atoms with Gasteiger partial charge in [-0.25, -0.2) is 12.7 Å². The molecule has 8 heteroatoms. The zero-order valence-electron chi connectivity index (χ0n) is 15.8. The Morgan fingerprint density at radius 3 is 2.36 bits per heavy atom. The van der Waals surface area contributed by atoms with Gasteiger partial charge in [0.25, 0.3) is 0 Å². The molecule has 1 N–H and O–H groups in total. The number of ether oxygens (including phenoxy) is 1. The van der Waals surface area contributed by atoms with Crippen molar-refractivity contribution in [1.29, 1.82) is 0 Å². The first-order valence-electron chi connectivity index (χ1n) is 8.93. The second-order valence-corrected chi connectivity index (χ2v) is 10.0. The number of benzene rings is 2. The summed E-state index contributed by atoms with van der Waals surface area (Å²) >= 11 is 3.43. The van der Waals surface area contributed by atoms with Crippen LogP contribution in [-0.2, 0) is 25.0 Å². The van der Waals surface area contributed by atoms with Gasteiger partial charge in [0, 0.05) is 37.5 Å². The molecule has 1 heterocycles. The first kappa shape index (κ1) is 21.0. The van der Waals surface area contributed by atoms with E-state index in [0.29, 0.717) is 31.7 Å². The van der Waals surface area contributed by atoms with Gasteiger partial charge in [0.15, 0.2) is 0 Å². The third-order valence-corrected chi connectivity index (χ3v) is 7.39. The van der Waals surface area contributed by atoms with Gasteiger partial charge in [-0.1, -0.05) is 34.1 Å². The molecule has 1 saturated heterocycles. The summed E-state index contributed by atoms with van der Waals surface area (Å²) < 4.78 is 32.3. The Balaban J connectivity index is 1.92. The Morgan fingerprint density at radius 1 is 1.11 bits per heavy atom. The van der Waals surface area contributed by atoms with Crippen molar-refractivity contribution >= 4 is 37.5 Å². The second kappa shape index (κ2) is 8.32. The van der Waals surface area contributed by atoms with E-state index in [2.05, 4.69) is 21.2 Å². The van der Waals surface area contributed by atoms with Crippen molar-refractivity contribution in [2.75, 3.05) is 32.6 Å². The summed E-state index contributed by atoms with van der Waals surface area (Å²) in [5.41, 5.74) is 0.666. The number of amides is 1. The van der Waals surface area contributed by atoms with E-state index < -0.39 is 15.4 Å². The Bertz CT molecular complexity index is 952. The largest absolute Gasteiger partial charge is 0.381 e. The molecule has 1 aliphatic heterocycles. The highest BCUT2D eigenvalue weighted by atomic mass is 79.9. The van der Waals surface area contributed by atoms with Crippen LogP contribution in [0.3, 0.4) is 0 Å². The van der Waals surface area contributed by atoms with Gasteiger partial charge in [-0.05, 0) is 48.7 Å². The summed E-state index contributed by atoms with van der Waals surface area (Å²) in [7, 11) is -0.621. The number of hydrogen-bond donors (Lipinski definition) is 1. The first-order valence-corrected chi connectivity index (χ1v) is 11.2. The zero-order valence-corrected chi connectivity index (χ0v) is 18.2. The third kappa shape index (κ3) is 4.15. The molecule has 150 valence electrons. The van der Waals surface area contributed by atoms with E-state index in [9.17, 15) is 13.2 Å². The van der Waals surface area contributed by atoms with E-state index in [1.54, 1.807) is 12.1 Å². The van der Waals surface area contributed by atoms with Gasteiger partial charge < -0.3 is 10.1 Å². The predicted octanol–water partition coefficient (Wildman–Crippen LogP) is 3.39. The molecule has 0 aromatic heterocycles. The van der Waals surface area contributed by atoms with E-state index in [4.69, 9.17) is 4.74 Å². The van der Waals surface area contributed by atoms with E-state index in [-0.39, 0.29) is 10.8 Å². The van der Waals surface area contributed by atoms with Crippen LogP contribution in [0, 0.1) is 0 Å². The van der Waals surface area contributed by atoms with E-state index in [0.717, 1.165) is 14.3 Å². The number of carbonyl (C=O) groups is 1. The SMILES string of the molecule is CN(C)S(=O)(=O)c1cccc(NC(=O)C2(c3ccc(Br)cc3)CCOCC2)c1. The van der Waals surface area contributed by atoms with E-state index >= 15 is 0 Å². The van der Waals surface area contributed by atoms with Crippen LogP contribution in [0.2, 0.25) is 0 Å². The number of nitrogens with zero attached hydrogens (tertiary/aromatic N) is 1. The molecular weight excluding hydrogens is 444 g/mol. The monoisotopic (exact) mass is 466 g/mol. The fraction of sp³-hybridized carbons (Fsp3) is 0.350. The summed E-state index contributed by atoms with van der Waals surface area (Å²) in [5.74, 6) is -0.155. The van der Waals surface area contributed by atoms with Crippen LogP contribution in [0.25, 0.3) is 0 Å². The van der Waals surface area contributed by atoms with Gasteiger partial charge in [0.1, 0.15) is 0 Å². The highest BCUT2D eigenvalue weighted by Crippen LogP contribution is 2.37. The molecule has 3 rings (SSSR count). The van der Waals surface area contributed by atoms with Crippen LogP contribution in [0.15, 0.2) is 57.9 Å². The summed E-state index contributed by atoms with van der Waals surface area (Å²) in [6.07, 6.45) is 1.13. The molecule has 0 saturated carbocycles. The van der Waals surface area contributed by atoms with Gasteiger partial charge in [0.05, 0.1) is 10.3 Å². The molecule has 0 atom stereocenters. The van der Waals surface area contributed by atoms with Crippen LogP contribution in [0.4, 0.5) is 5.69 Å². The fourth-order valence-electron chi connectivity index (χ4n) is 3.33. The minimum atomic E-state index is -3.58. The van der Waals surface area contributed by atoms with Crippen LogP contribution in [0.5, 0.6) is 0 Å². The van der Waals surface area contributed by atoms with Crippen molar-refractivity contribution in [1.82, 2.24) is 4.31 Å². The molecule has 0 spiro atoms. The topological polar surface area (TPSA) is 75.7 Å². The molecule has 6 nitrogen and oxygen atoms in total. The van der Waals surface area contributed by atoms with Gasteiger partial charge in [-0.3, -0.25) is 4.79 Å². The molecule has 2 aromatic carbocycles. The van der Waals surface area contributed by atoms with Crippen LogP contribution in [-0.4, -0.2) is 45.9 Å². The van der Waals surface area contributed by atoms with Crippen molar-refractivity contribution in [3.63, 3.8) is 0 Å². The lowest BCUT2D eigenvalue weighted by molar-refractivity contribution is -0.125. The molecule has 0 radical (unpaired) electrons. The normalized spacial score (nSPS) is 16.7. The Hall–Kier alpha value is -1.74. The summed E-state index contributed by atoms with van der Waals surface area (Å²) in [4.78, 5) is 13.5. The Labute approximate surface area is 174 Å². The van der Waals surface area contributed by atoms with Gasteiger partial charge in [0.2, 0.25) is 15.9 Å². The number of halogens is 1. The Morgan fingerprint density at radius 2 is 1.75 bits per heavy atom. The van der Waals surface area contributed by atoms with Crippen LogP contribution < -0.4 is 5.32 Å². The molecule has 28 heavy (non-hydrogen) atoms. The van der Waals surface area contributed by atoms with Crippen LogP contribution in [0.1, 0.15) is 18.4 Å². The number of hydrogen-bond acceptors (Lipinski definition) is 4. The lowest BCUT2D eigenvalue weighted by atomic mass is 9.73. The lowest BCUT2D eigenvalue weighted by Gasteiger charge is -2.36. The number of carbonyl (C=O) groups excluding carboxylic acids is 1. The highest BCUT2D eigenvalue weighted by Gasteiger charge is 2.41. The summed E-state index contributed by atoms with van der Waals surface area (Å²) in [6, 6.07) is 14.1. The number of anilines is 1. The number of nitrogens with one attached hydrogen (secondary N) is 1.